The minimum atomic E-state index is -3.65. The molecule has 0 saturated carbocycles. The van der Waals surface area contributed by atoms with Crippen molar-refractivity contribution < 1.29 is 16.8 Å². The molecule has 1 aromatic carbocycles. The van der Waals surface area contributed by atoms with Gasteiger partial charge in [-0.15, -0.1) is 0 Å². The predicted molar refractivity (Wildman–Crippen MR) is 87.9 cm³/mol. The maximum Gasteiger partial charge on any atom is 0.243 e. The summed E-state index contributed by atoms with van der Waals surface area (Å²) in [5.74, 6) is 0.0866. The van der Waals surface area contributed by atoms with Crippen molar-refractivity contribution in [1.29, 1.82) is 0 Å². The standard InChI is InChI=1S/C14H23N3O4S2/c1-10-8-12(4-5-14(10)22(18,19)16-3)23(20,21)17-7-6-13(15)11(2)9-17/h4-5,8,11,13,16H,6-7,9,15H2,1-3H3. The molecule has 0 radical (unpaired) electrons. The van der Waals surface area contributed by atoms with E-state index >= 15 is 0 Å². The lowest BCUT2D eigenvalue weighted by molar-refractivity contribution is 0.250. The van der Waals surface area contributed by atoms with Crippen molar-refractivity contribution in [3.05, 3.63) is 23.8 Å². The second kappa shape index (κ2) is 6.48. The zero-order valence-electron chi connectivity index (χ0n) is 13.5. The van der Waals surface area contributed by atoms with Gasteiger partial charge in [0.1, 0.15) is 0 Å². The van der Waals surface area contributed by atoms with E-state index in [2.05, 4.69) is 4.72 Å². The van der Waals surface area contributed by atoms with Crippen molar-refractivity contribution >= 4 is 20.0 Å². The molecule has 1 saturated heterocycles. The van der Waals surface area contributed by atoms with Gasteiger partial charge in [-0.1, -0.05) is 6.92 Å². The summed E-state index contributed by atoms with van der Waals surface area (Å²) in [6.45, 7) is 4.26. The van der Waals surface area contributed by atoms with Crippen molar-refractivity contribution in [2.24, 2.45) is 11.7 Å². The van der Waals surface area contributed by atoms with Gasteiger partial charge in [0, 0.05) is 19.1 Å². The number of nitrogens with one attached hydrogen (secondary N) is 1. The third-order valence-corrected chi connectivity index (χ3v) is 7.71. The van der Waals surface area contributed by atoms with Gasteiger partial charge in [-0.25, -0.2) is 21.6 Å². The van der Waals surface area contributed by atoms with Crippen LogP contribution in [0, 0.1) is 12.8 Å². The Labute approximate surface area is 138 Å². The van der Waals surface area contributed by atoms with Crippen molar-refractivity contribution in [3.8, 4) is 0 Å². The molecule has 7 nitrogen and oxygen atoms in total. The largest absolute Gasteiger partial charge is 0.327 e. The summed E-state index contributed by atoms with van der Waals surface area (Å²) in [7, 11) is -5.94. The lowest BCUT2D eigenvalue weighted by atomic mass is 9.96. The molecule has 1 aliphatic heterocycles. The fraction of sp³-hybridized carbons (Fsp3) is 0.571. The Morgan fingerprint density at radius 1 is 1.26 bits per heavy atom. The van der Waals surface area contributed by atoms with E-state index < -0.39 is 20.0 Å². The first-order chi connectivity index (χ1) is 10.6. The molecule has 0 bridgehead atoms. The maximum atomic E-state index is 12.7. The van der Waals surface area contributed by atoms with Gasteiger partial charge in [0.2, 0.25) is 20.0 Å². The Bertz CT molecular complexity index is 790. The quantitative estimate of drug-likeness (QED) is 0.799. The molecule has 23 heavy (non-hydrogen) atoms. The van der Waals surface area contributed by atoms with Gasteiger partial charge in [-0.3, -0.25) is 0 Å². The highest BCUT2D eigenvalue weighted by atomic mass is 32.2. The number of rotatable bonds is 4. The minimum Gasteiger partial charge on any atom is -0.327 e. The van der Waals surface area contributed by atoms with Crippen LogP contribution in [0.15, 0.2) is 28.0 Å². The van der Waals surface area contributed by atoms with Crippen LogP contribution in [-0.2, 0) is 20.0 Å². The molecule has 0 amide bonds. The molecule has 1 heterocycles. The molecule has 130 valence electrons. The predicted octanol–water partition coefficient (Wildman–Crippen LogP) is 0.261. The van der Waals surface area contributed by atoms with E-state index in [1.54, 1.807) is 6.92 Å². The lowest BCUT2D eigenvalue weighted by Crippen LogP contribution is -2.48. The van der Waals surface area contributed by atoms with Crippen LogP contribution in [0.4, 0.5) is 0 Å². The molecule has 1 aromatic rings. The average Bonchev–Trinajstić information content (AvgIpc) is 2.49. The van der Waals surface area contributed by atoms with Gasteiger partial charge >= 0.3 is 0 Å². The zero-order valence-corrected chi connectivity index (χ0v) is 15.1. The molecule has 0 aliphatic carbocycles. The summed E-state index contributed by atoms with van der Waals surface area (Å²) in [5.41, 5.74) is 6.33. The first-order valence-electron chi connectivity index (χ1n) is 7.39. The second-order valence-electron chi connectivity index (χ2n) is 5.93. The van der Waals surface area contributed by atoms with E-state index in [4.69, 9.17) is 5.73 Å². The number of aryl methyl sites for hydroxylation is 1. The molecule has 2 unspecified atom stereocenters. The fourth-order valence-corrected chi connectivity index (χ4v) is 5.28. The van der Waals surface area contributed by atoms with Crippen LogP contribution in [0.3, 0.4) is 0 Å². The van der Waals surface area contributed by atoms with E-state index in [-0.39, 0.29) is 21.8 Å². The van der Waals surface area contributed by atoms with Gasteiger partial charge in [0.25, 0.3) is 0 Å². The van der Waals surface area contributed by atoms with Gasteiger partial charge in [0.15, 0.2) is 0 Å². The molecule has 0 aromatic heterocycles. The van der Waals surface area contributed by atoms with E-state index in [0.717, 1.165) is 0 Å². The van der Waals surface area contributed by atoms with Gasteiger partial charge in [-0.2, -0.15) is 4.31 Å². The zero-order chi connectivity index (χ0) is 17.4. The summed E-state index contributed by atoms with van der Waals surface area (Å²) >= 11 is 0. The second-order valence-corrected chi connectivity index (χ2v) is 9.72. The molecular formula is C14H23N3O4S2. The smallest absolute Gasteiger partial charge is 0.243 e. The summed E-state index contributed by atoms with van der Waals surface area (Å²) in [5, 5.41) is 0. The summed E-state index contributed by atoms with van der Waals surface area (Å²) in [4.78, 5) is 0.181. The van der Waals surface area contributed by atoms with Crippen LogP contribution in [0.2, 0.25) is 0 Å². The number of hydrogen-bond donors (Lipinski definition) is 2. The average molecular weight is 361 g/mol. The monoisotopic (exact) mass is 361 g/mol. The van der Waals surface area contributed by atoms with Crippen LogP contribution in [0.5, 0.6) is 0 Å². The fourth-order valence-electron chi connectivity index (χ4n) is 2.69. The number of hydrogen-bond acceptors (Lipinski definition) is 5. The molecule has 2 rings (SSSR count). The summed E-state index contributed by atoms with van der Waals surface area (Å²) < 4.78 is 52.9. The number of sulfonamides is 2. The summed E-state index contributed by atoms with van der Waals surface area (Å²) in [6.07, 6.45) is 0.617. The number of piperidine rings is 1. The third kappa shape index (κ3) is 3.58. The van der Waals surface area contributed by atoms with Crippen LogP contribution < -0.4 is 10.5 Å². The van der Waals surface area contributed by atoms with Gasteiger partial charge in [-0.05, 0) is 50.1 Å². The van der Waals surface area contributed by atoms with Crippen molar-refractivity contribution in [2.45, 2.75) is 36.1 Å². The van der Waals surface area contributed by atoms with Crippen LogP contribution in [-0.4, -0.2) is 47.3 Å². The molecule has 1 fully saturated rings. The summed E-state index contributed by atoms with van der Waals surface area (Å²) in [6, 6.07) is 4.07. The number of nitrogens with zero attached hydrogens (tertiary/aromatic N) is 1. The van der Waals surface area contributed by atoms with Crippen LogP contribution in [0.1, 0.15) is 18.9 Å². The first-order valence-corrected chi connectivity index (χ1v) is 10.3. The highest BCUT2D eigenvalue weighted by Crippen LogP contribution is 2.25. The Balaban J connectivity index is 2.37. The lowest BCUT2D eigenvalue weighted by Gasteiger charge is -2.34. The van der Waals surface area contributed by atoms with Crippen LogP contribution in [0.25, 0.3) is 0 Å². The molecule has 1 aliphatic rings. The Hall–Kier alpha value is -1.00. The topological polar surface area (TPSA) is 110 Å². The van der Waals surface area contributed by atoms with Crippen molar-refractivity contribution in [3.63, 3.8) is 0 Å². The van der Waals surface area contributed by atoms with Gasteiger partial charge in [0.05, 0.1) is 9.79 Å². The van der Waals surface area contributed by atoms with Crippen molar-refractivity contribution in [1.82, 2.24) is 9.03 Å². The third-order valence-electron chi connectivity index (χ3n) is 4.28. The highest BCUT2D eigenvalue weighted by molar-refractivity contribution is 7.89. The Morgan fingerprint density at radius 2 is 1.91 bits per heavy atom. The maximum absolute atomic E-state index is 12.7. The SMILES string of the molecule is CNS(=O)(=O)c1ccc(S(=O)(=O)N2CCC(N)C(C)C2)cc1C. The van der Waals surface area contributed by atoms with E-state index in [9.17, 15) is 16.8 Å². The Morgan fingerprint density at radius 3 is 2.43 bits per heavy atom. The number of nitrogens with two attached hydrogens (primary N) is 1. The van der Waals surface area contributed by atoms with E-state index in [1.807, 2.05) is 6.92 Å². The molecule has 0 spiro atoms. The van der Waals surface area contributed by atoms with Crippen molar-refractivity contribution in [2.75, 3.05) is 20.1 Å². The van der Waals surface area contributed by atoms with E-state index in [0.29, 0.717) is 25.1 Å². The number of benzene rings is 1. The van der Waals surface area contributed by atoms with Gasteiger partial charge < -0.3 is 5.73 Å². The molecular weight excluding hydrogens is 338 g/mol. The Kier molecular flexibility index (Phi) is 5.17. The first kappa shape index (κ1) is 18.3. The molecule has 9 heteroatoms. The van der Waals surface area contributed by atoms with E-state index in [1.165, 1.54) is 29.6 Å². The van der Waals surface area contributed by atoms with Crippen LogP contribution >= 0.6 is 0 Å². The molecule has 3 N–H and O–H groups in total. The normalized spacial score (nSPS) is 23.8. The molecule has 2 atom stereocenters. The highest BCUT2D eigenvalue weighted by Gasteiger charge is 2.32. The minimum absolute atomic E-state index is 0.00586.